The summed E-state index contributed by atoms with van der Waals surface area (Å²) in [5, 5.41) is 7.17. The van der Waals surface area contributed by atoms with Crippen molar-refractivity contribution in [3.63, 3.8) is 0 Å². The van der Waals surface area contributed by atoms with Gasteiger partial charge in [0, 0.05) is 29.7 Å². The number of carbonyl (C=O) groups is 1. The van der Waals surface area contributed by atoms with Crippen LogP contribution < -0.4 is 5.32 Å². The molecule has 0 radical (unpaired) electrons. The molecule has 6 heteroatoms. The molecule has 0 bridgehead atoms. The molecular weight excluding hydrogens is 385 g/mol. The molecule has 3 aromatic rings. The summed E-state index contributed by atoms with van der Waals surface area (Å²) in [6, 6.07) is 15.4. The highest BCUT2D eigenvalue weighted by atomic mass is 79.9. The molecule has 0 aliphatic carbocycles. The highest BCUT2D eigenvalue weighted by Crippen LogP contribution is 2.22. The molecule has 4 nitrogen and oxygen atoms in total. The lowest BCUT2D eigenvalue weighted by molar-refractivity contribution is -0.124. The molecule has 1 amide bonds. The third-order valence-corrected chi connectivity index (χ3v) is 4.41. The minimum absolute atomic E-state index is 0.131. The average Bonchev–Trinajstić information content (AvgIpc) is 3.09. The number of halogens is 2. The molecule has 1 N–H and O–H groups in total. The normalized spacial score (nSPS) is 12.0. The molecule has 0 saturated carbocycles. The number of rotatable bonds is 5. The lowest BCUT2D eigenvalue weighted by atomic mass is 10.1. The second-order valence-electron chi connectivity index (χ2n) is 5.66. The van der Waals surface area contributed by atoms with Crippen LogP contribution >= 0.6 is 15.9 Å². The maximum atomic E-state index is 13.4. The van der Waals surface area contributed by atoms with Crippen LogP contribution in [0, 0.1) is 5.82 Å². The Bertz CT molecular complexity index is 894. The fourth-order valence-electron chi connectivity index (χ4n) is 2.67. The van der Waals surface area contributed by atoms with Crippen molar-refractivity contribution in [1.29, 1.82) is 0 Å². The first-order valence-corrected chi connectivity index (χ1v) is 8.63. The number of amides is 1. The maximum absolute atomic E-state index is 13.4. The van der Waals surface area contributed by atoms with E-state index in [0.717, 1.165) is 10.0 Å². The van der Waals surface area contributed by atoms with Crippen LogP contribution in [0.4, 0.5) is 4.39 Å². The number of benzene rings is 2. The second kappa shape index (κ2) is 7.61. The lowest BCUT2D eigenvalue weighted by Gasteiger charge is -2.16. The summed E-state index contributed by atoms with van der Waals surface area (Å²) in [7, 11) is 1.60. The van der Waals surface area contributed by atoms with Gasteiger partial charge in [-0.15, -0.1) is 0 Å². The van der Waals surface area contributed by atoms with Gasteiger partial charge in [-0.25, -0.2) is 4.39 Å². The Labute approximate surface area is 153 Å². The van der Waals surface area contributed by atoms with Gasteiger partial charge in [0.25, 0.3) is 0 Å². The molecule has 0 aliphatic rings. The quantitative estimate of drug-likeness (QED) is 0.702. The SMILES string of the molecule is CNC(=O)[C@H](Cc1cccc(Br)c1)n1ccc(-c2cccc(F)c2)n1. The van der Waals surface area contributed by atoms with Crippen molar-refractivity contribution >= 4 is 21.8 Å². The van der Waals surface area contributed by atoms with Gasteiger partial charge in [0.2, 0.25) is 5.91 Å². The summed E-state index contributed by atoms with van der Waals surface area (Å²) >= 11 is 3.45. The molecule has 1 heterocycles. The molecule has 0 saturated heterocycles. The summed E-state index contributed by atoms with van der Waals surface area (Å²) < 4.78 is 16.0. The highest BCUT2D eigenvalue weighted by Gasteiger charge is 2.21. The Morgan fingerprint density at radius 2 is 2.04 bits per heavy atom. The first kappa shape index (κ1) is 17.4. The van der Waals surface area contributed by atoms with Crippen LogP contribution in [0.1, 0.15) is 11.6 Å². The Kier molecular flexibility index (Phi) is 5.28. The molecule has 0 aliphatic heterocycles. The third kappa shape index (κ3) is 4.14. The second-order valence-corrected chi connectivity index (χ2v) is 6.57. The van der Waals surface area contributed by atoms with Gasteiger partial charge >= 0.3 is 0 Å². The van der Waals surface area contributed by atoms with E-state index in [2.05, 4.69) is 26.3 Å². The predicted octanol–water partition coefficient (Wildman–Crippen LogP) is 3.98. The molecule has 0 fully saturated rings. The zero-order chi connectivity index (χ0) is 17.8. The third-order valence-electron chi connectivity index (χ3n) is 3.92. The van der Waals surface area contributed by atoms with Crippen molar-refractivity contribution in [2.45, 2.75) is 12.5 Å². The number of hydrogen-bond acceptors (Lipinski definition) is 2. The zero-order valence-electron chi connectivity index (χ0n) is 13.6. The standard InChI is InChI=1S/C19H17BrFN3O/c1-22-19(25)18(11-13-4-2-6-15(20)10-13)24-9-8-17(23-24)14-5-3-7-16(21)12-14/h2-10,12,18H,11H2,1H3,(H,22,25)/t18-/m0/s1. The number of aromatic nitrogens is 2. The van der Waals surface area contributed by atoms with E-state index in [4.69, 9.17) is 0 Å². The topological polar surface area (TPSA) is 46.9 Å². The van der Waals surface area contributed by atoms with Gasteiger partial charge in [0.1, 0.15) is 11.9 Å². The Balaban J connectivity index is 1.91. The Morgan fingerprint density at radius 1 is 1.24 bits per heavy atom. The highest BCUT2D eigenvalue weighted by molar-refractivity contribution is 9.10. The van der Waals surface area contributed by atoms with Crippen molar-refractivity contribution in [3.8, 4) is 11.3 Å². The van der Waals surface area contributed by atoms with Crippen molar-refractivity contribution < 1.29 is 9.18 Å². The van der Waals surface area contributed by atoms with E-state index in [-0.39, 0.29) is 11.7 Å². The lowest BCUT2D eigenvalue weighted by Crippen LogP contribution is -2.31. The van der Waals surface area contributed by atoms with Crippen LogP contribution in [-0.2, 0) is 11.2 Å². The van der Waals surface area contributed by atoms with Gasteiger partial charge in [0.05, 0.1) is 5.69 Å². The summed E-state index contributed by atoms with van der Waals surface area (Å²) in [6.45, 7) is 0. The molecule has 2 aromatic carbocycles. The molecule has 128 valence electrons. The number of nitrogens with one attached hydrogen (secondary N) is 1. The monoisotopic (exact) mass is 401 g/mol. The fraction of sp³-hybridized carbons (Fsp3) is 0.158. The molecule has 25 heavy (non-hydrogen) atoms. The van der Waals surface area contributed by atoms with Crippen LogP contribution in [-0.4, -0.2) is 22.7 Å². The number of hydrogen-bond donors (Lipinski definition) is 1. The van der Waals surface area contributed by atoms with Gasteiger partial charge in [-0.1, -0.05) is 40.2 Å². The van der Waals surface area contributed by atoms with E-state index in [1.54, 1.807) is 36.1 Å². The average molecular weight is 402 g/mol. The molecule has 1 aromatic heterocycles. The molecular formula is C19H17BrFN3O. The van der Waals surface area contributed by atoms with Gasteiger partial charge < -0.3 is 5.32 Å². The minimum Gasteiger partial charge on any atom is -0.357 e. The predicted molar refractivity (Wildman–Crippen MR) is 98.6 cm³/mol. The van der Waals surface area contributed by atoms with E-state index in [1.165, 1.54) is 12.1 Å². The number of likely N-dealkylation sites (N-methyl/N-ethyl adjacent to an activating group) is 1. The largest absolute Gasteiger partial charge is 0.357 e. The number of nitrogens with zero attached hydrogens (tertiary/aromatic N) is 2. The van der Waals surface area contributed by atoms with Crippen LogP contribution in [0.25, 0.3) is 11.3 Å². The van der Waals surface area contributed by atoms with E-state index in [0.29, 0.717) is 17.7 Å². The number of carbonyl (C=O) groups excluding carboxylic acids is 1. The van der Waals surface area contributed by atoms with Crippen molar-refractivity contribution in [2.24, 2.45) is 0 Å². The van der Waals surface area contributed by atoms with E-state index < -0.39 is 6.04 Å². The van der Waals surface area contributed by atoms with E-state index in [1.807, 2.05) is 24.3 Å². The molecule has 1 atom stereocenters. The zero-order valence-corrected chi connectivity index (χ0v) is 15.2. The molecule has 0 spiro atoms. The maximum Gasteiger partial charge on any atom is 0.244 e. The van der Waals surface area contributed by atoms with Crippen LogP contribution in [0.3, 0.4) is 0 Å². The summed E-state index contributed by atoms with van der Waals surface area (Å²) in [4.78, 5) is 12.4. The van der Waals surface area contributed by atoms with E-state index in [9.17, 15) is 9.18 Å². The van der Waals surface area contributed by atoms with Gasteiger partial charge in [0.15, 0.2) is 0 Å². The van der Waals surface area contributed by atoms with Crippen molar-refractivity contribution in [3.05, 3.63) is 76.6 Å². The first-order chi connectivity index (χ1) is 12.1. The van der Waals surface area contributed by atoms with Crippen LogP contribution in [0.2, 0.25) is 0 Å². The summed E-state index contributed by atoms with van der Waals surface area (Å²) in [6.07, 6.45) is 2.25. The van der Waals surface area contributed by atoms with Crippen LogP contribution in [0.5, 0.6) is 0 Å². The smallest absolute Gasteiger partial charge is 0.244 e. The van der Waals surface area contributed by atoms with Crippen molar-refractivity contribution in [1.82, 2.24) is 15.1 Å². The summed E-state index contributed by atoms with van der Waals surface area (Å²) in [5.74, 6) is -0.446. The Hall–Kier alpha value is -2.47. The molecule has 0 unspecified atom stereocenters. The van der Waals surface area contributed by atoms with Crippen LogP contribution in [0.15, 0.2) is 65.3 Å². The van der Waals surface area contributed by atoms with E-state index >= 15 is 0 Å². The molecule has 3 rings (SSSR count). The van der Waals surface area contributed by atoms with Gasteiger partial charge in [-0.3, -0.25) is 9.48 Å². The minimum atomic E-state index is -0.485. The van der Waals surface area contributed by atoms with Crippen molar-refractivity contribution in [2.75, 3.05) is 7.05 Å². The Morgan fingerprint density at radius 3 is 2.76 bits per heavy atom. The fourth-order valence-corrected chi connectivity index (χ4v) is 3.12. The van der Waals surface area contributed by atoms with Gasteiger partial charge in [-0.05, 0) is 35.9 Å². The first-order valence-electron chi connectivity index (χ1n) is 7.84. The summed E-state index contributed by atoms with van der Waals surface area (Å²) in [5.41, 5.74) is 2.32. The van der Waals surface area contributed by atoms with Gasteiger partial charge in [-0.2, -0.15) is 5.10 Å².